The van der Waals surface area contributed by atoms with Crippen molar-refractivity contribution in [1.29, 1.82) is 0 Å². The summed E-state index contributed by atoms with van der Waals surface area (Å²) < 4.78 is 4.90. The molecule has 1 fully saturated rings. The van der Waals surface area contributed by atoms with Crippen molar-refractivity contribution in [2.24, 2.45) is 5.92 Å². The molecular weight excluding hydrogens is 272 g/mol. The molecule has 1 aliphatic carbocycles. The van der Waals surface area contributed by atoms with Crippen LogP contribution in [-0.2, 0) is 4.79 Å². The van der Waals surface area contributed by atoms with Crippen LogP contribution in [0.4, 0.5) is 5.95 Å². The molecule has 1 aromatic rings. The Balaban J connectivity index is 2.04. The lowest BCUT2D eigenvalue weighted by Gasteiger charge is -2.27. The molecule has 19 heavy (non-hydrogen) atoms. The second kappa shape index (κ2) is 6.01. The number of hydrogen-bond donors (Lipinski definition) is 2. The van der Waals surface area contributed by atoms with Gasteiger partial charge in [-0.15, -0.1) is 0 Å². The van der Waals surface area contributed by atoms with Gasteiger partial charge in [-0.25, -0.2) is 0 Å². The molecule has 0 aromatic carbocycles. The fourth-order valence-electron chi connectivity index (χ4n) is 2.22. The molecule has 2 N–H and O–H groups in total. The maximum absolute atomic E-state index is 11.0. The van der Waals surface area contributed by atoms with E-state index < -0.39 is 5.97 Å². The normalized spacial score (nSPS) is 22.8. The van der Waals surface area contributed by atoms with E-state index in [-0.39, 0.29) is 23.3 Å². The zero-order valence-corrected chi connectivity index (χ0v) is 11.2. The maximum atomic E-state index is 11.0. The number of aromatic nitrogens is 3. The second-order valence-corrected chi connectivity index (χ2v) is 4.80. The van der Waals surface area contributed by atoms with Crippen molar-refractivity contribution in [2.45, 2.75) is 31.7 Å². The van der Waals surface area contributed by atoms with E-state index in [4.69, 9.17) is 21.4 Å². The minimum absolute atomic E-state index is 0.0259. The fourth-order valence-corrected chi connectivity index (χ4v) is 2.37. The van der Waals surface area contributed by atoms with Crippen LogP contribution in [-0.4, -0.2) is 39.2 Å². The van der Waals surface area contributed by atoms with Gasteiger partial charge in [0.25, 0.3) is 0 Å². The molecule has 0 aliphatic heterocycles. The van der Waals surface area contributed by atoms with Gasteiger partial charge in [0.05, 0.1) is 13.0 Å². The van der Waals surface area contributed by atoms with Crippen LogP contribution in [0.3, 0.4) is 0 Å². The van der Waals surface area contributed by atoms with Crippen molar-refractivity contribution in [2.75, 3.05) is 12.4 Å². The first-order valence-electron chi connectivity index (χ1n) is 6.03. The van der Waals surface area contributed by atoms with E-state index in [1.165, 1.54) is 7.11 Å². The van der Waals surface area contributed by atoms with Crippen LogP contribution < -0.4 is 10.1 Å². The summed E-state index contributed by atoms with van der Waals surface area (Å²) in [6.45, 7) is 0. The largest absolute Gasteiger partial charge is 0.481 e. The Bertz CT molecular complexity index is 471. The lowest BCUT2D eigenvalue weighted by atomic mass is 9.86. The Morgan fingerprint density at radius 3 is 2.89 bits per heavy atom. The molecule has 1 aliphatic rings. The number of anilines is 1. The summed E-state index contributed by atoms with van der Waals surface area (Å²) in [5.41, 5.74) is 0. The quantitative estimate of drug-likeness (QED) is 0.867. The third-order valence-electron chi connectivity index (χ3n) is 3.13. The second-order valence-electron chi connectivity index (χ2n) is 4.46. The van der Waals surface area contributed by atoms with E-state index in [9.17, 15) is 4.79 Å². The number of rotatable bonds is 4. The van der Waals surface area contributed by atoms with Crippen LogP contribution >= 0.6 is 11.6 Å². The number of halogens is 1. The van der Waals surface area contributed by atoms with Crippen molar-refractivity contribution in [3.63, 3.8) is 0 Å². The smallest absolute Gasteiger partial charge is 0.322 e. The molecule has 7 nitrogen and oxygen atoms in total. The predicted octanol–water partition coefficient (Wildman–Crippen LogP) is 1.59. The number of carboxylic acid groups (broad SMARTS) is 1. The molecule has 0 radical (unpaired) electrons. The molecule has 1 heterocycles. The minimum Gasteiger partial charge on any atom is -0.481 e. The zero-order valence-electron chi connectivity index (χ0n) is 10.5. The topological polar surface area (TPSA) is 97.2 Å². The minimum atomic E-state index is -0.752. The number of nitrogens with one attached hydrogen (secondary N) is 1. The molecule has 2 rings (SSSR count). The first-order chi connectivity index (χ1) is 9.08. The van der Waals surface area contributed by atoms with E-state index in [0.29, 0.717) is 12.4 Å². The number of aliphatic carboxylic acids is 1. The lowest BCUT2D eigenvalue weighted by Crippen LogP contribution is -2.31. The van der Waals surface area contributed by atoms with Gasteiger partial charge < -0.3 is 15.2 Å². The molecule has 2 unspecified atom stereocenters. The third-order valence-corrected chi connectivity index (χ3v) is 3.30. The van der Waals surface area contributed by atoms with Crippen molar-refractivity contribution in [3.05, 3.63) is 5.28 Å². The van der Waals surface area contributed by atoms with Crippen LogP contribution in [0.1, 0.15) is 25.7 Å². The number of methoxy groups -OCH3 is 1. The van der Waals surface area contributed by atoms with Gasteiger partial charge in [-0.3, -0.25) is 4.79 Å². The summed E-state index contributed by atoms with van der Waals surface area (Å²) in [4.78, 5) is 22.8. The Labute approximate surface area is 115 Å². The standard InChI is InChI=1S/C11H15ClN4O3/c1-19-11-15-9(12)14-10(16-11)13-7-4-2-3-6(5-7)8(17)18/h6-7H,2-5H2,1H3,(H,17,18)(H,13,14,15,16). The molecule has 1 aromatic heterocycles. The first kappa shape index (κ1) is 13.8. The number of carbonyl (C=O) groups is 1. The van der Waals surface area contributed by atoms with Crippen molar-refractivity contribution in [1.82, 2.24) is 15.0 Å². The zero-order chi connectivity index (χ0) is 13.8. The predicted molar refractivity (Wildman–Crippen MR) is 68.4 cm³/mol. The lowest BCUT2D eigenvalue weighted by molar-refractivity contribution is -0.142. The van der Waals surface area contributed by atoms with E-state index in [1.54, 1.807) is 0 Å². The van der Waals surface area contributed by atoms with Crippen LogP contribution in [0.25, 0.3) is 0 Å². The Kier molecular flexibility index (Phi) is 4.36. The molecule has 104 valence electrons. The van der Waals surface area contributed by atoms with Crippen LogP contribution in [0.2, 0.25) is 5.28 Å². The van der Waals surface area contributed by atoms with Crippen LogP contribution in [0.15, 0.2) is 0 Å². The fraction of sp³-hybridized carbons (Fsp3) is 0.636. The molecule has 0 spiro atoms. The number of hydrogen-bond acceptors (Lipinski definition) is 6. The van der Waals surface area contributed by atoms with Crippen molar-refractivity contribution >= 4 is 23.5 Å². The van der Waals surface area contributed by atoms with Crippen LogP contribution in [0, 0.1) is 5.92 Å². The highest BCUT2D eigenvalue weighted by Crippen LogP contribution is 2.26. The first-order valence-corrected chi connectivity index (χ1v) is 6.41. The molecule has 0 saturated heterocycles. The van der Waals surface area contributed by atoms with Gasteiger partial charge in [0.2, 0.25) is 11.2 Å². The molecule has 2 atom stereocenters. The molecule has 1 saturated carbocycles. The molecular formula is C11H15ClN4O3. The van der Waals surface area contributed by atoms with Gasteiger partial charge >= 0.3 is 12.0 Å². The van der Waals surface area contributed by atoms with Gasteiger partial charge in [-0.05, 0) is 30.9 Å². The highest BCUT2D eigenvalue weighted by atomic mass is 35.5. The number of carboxylic acids is 1. The molecule has 0 bridgehead atoms. The monoisotopic (exact) mass is 286 g/mol. The van der Waals surface area contributed by atoms with Gasteiger partial charge in [0.1, 0.15) is 0 Å². The number of ether oxygens (including phenoxy) is 1. The van der Waals surface area contributed by atoms with Crippen molar-refractivity contribution < 1.29 is 14.6 Å². The summed E-state index contributed by atoms with van der Waals surface area (Å²) in [6, 6.07) is 0.158. The number of nitrogens with zero attached hydrogens (tertiary/aromatic N) is 3. The summed E-state index contributed by atoms with van der Waals surface area (Å²) in [7, 11) is 1.44. The van der Waals surface area contributed by atoms with E-state index in [0.717, 1.165) is 19.3 Å². The average Bonchev–Trinajstić information content (AvgIpc) is 2.38. The summed E-state index contributed by atoms with van der Waals surface area (Å²) in [5.74, 6) is -0.754. The molecule has 8 heteroatoms. The Hall–Kier alpha value is -1.63. The Morgan fingerprint density at radius 2 is 2.21 bits per heavy atom. The summed E-state index contributed by atoms with van der Waals surface area (Å²) in [6.07, 6.45) is 3.02. The van der Waals surface area contributed by atoms with E-state index in [2.05, 4.69) is 20.3 Å². The van der Waals surface area contributed by atoms with Gasteiger partial charge in [0, 0.05) is 6.04 Å². The Morgan fingerprint density at radius 1 is 1.42 bits per heavy atom. The van der Waals surface area contributed by atoms with Crippen LogP contribution in [0.5, 0.6) is 6.01 Å². The van der Waals surface area contributed by atoms with Gasteiger partial charge in [-0.2, -0.15) is 15.0 Å². The molecule has 0 amide bonds. The summed E-state index contributed by atoms with van der Waals surface area (Å²) in [5, 5.41) is 12.2. The van der Waals surface area contributed by atoms with Gasteiger partial charge in [0.15, 0.2) is 0 Å². The summed E-state index contributed by atoms with van der Waals surface area (Å²) >= 11 is 5.75. The van der Waals surface area contributed by atoms with Gasteiger partial charge in [-0.1, -0.05) is 6.42 Å². The maximum Gasteiger partial charge on any atom is 0.322 e. The van der Waals surface area contributed by atoms with E-state index in [1.807, 2.05) is 0 Å². The highest BCUT2D eigenvalue weighted by molar-refractivity contribution is 6.28. The highest BCUT2D eigenvalue weighted by Gasteiger charge is 2.27. The average molecular weight is 287 g/mol. The third kappa shape index (κ3) is 3.66. The van der Waals surface area contributed by atoms with E-state index >= 15 is 0 Å². The SMILES string of the molecule is COc1nc(Cl)nc(NC2CCCC(C(=O)O)C2)n1. The van der Waals surface area contributed by atoms with Crippen molar-refractivity contribution in [3.8, 4) is 6.01 Å².